The Morgan fingerprint density at radius 3 is 1.94 bits per heavy atom. The lowest BCUT2D eigenvalue weighted by Crippen LogP contribution is -2.12. The van der Waals surface area contributed by atoms with Gasteiger partial charge in [-0.2, -0.15) is 0 Å². The summed E-state index contributed by atoms with van der Waals surface area (Å²) in [7, 11) is 0. The van der Waals surface area contributed by atoms with Gasteiger partial charge in [0.2, 0.25) is 5.91 Å². The average Bonchev–Trinajstić information content (AvgIpc) is 2.99. The van der Waals surface area contributed by atoms with E-state index in [4.69, 9.17) is 5.11 Å². The Labute approximate surface area is 103 Å². The first-order chi connectivity index (χ1) is 8.29. The van der Waals surface area contributed by atoms with Gasteiger partial charge in [0.1, 0.15) is 0 Å². The van der Waals surface area contributed by atoms with Crippen LogP contribution < -0.4 is 16.0 Å². The molecule has 0 bridgehead atoms. The van der Waals surface area contributed by atoms with Crippen LogP contribution in [0.1, 0.15) is 32.1 Å². The number of aliphatic hydroxyl groups is 1. The Morgan fingerprint density at radius 1 is 1.00 bits per heavy atom. The van der Waals surface area contributed by atoms with E-state index < -0.39 is 0 Å². The molecule has 5 nitrogen and oxygen atoms in total. The Kier molecular flexibility index (Phi) is 7.96. The van der Waals surface area contributed by atoms with E-state index >= 15 is 0 Å². The van der Waals surface area contributed by atoms with Crippen molar-refractivity contribution in [3.05, 3.63) is 0 Å². The maximum absolute atomic E-state index is 10.1. The molecule has 0 aliphatic carbocycles. The van der Waals surface area contributed by atoms with Crippen molar-refractivity contribution in [2.75, 3.05) is 32.7 Å². The van der Waals surface area contributed by atoms with E-state index in [1.54, 1.807) is 0 Å². The molecule has 5 heteroatoms. The first kappa shape index (κ1) is 14.4. The normalized spacial score (nSPS) is 26.6. The minimum atomic E-state index is -0.0648. The van der Waals surface area contributed by atoms with Gasteiger partial charge in [0.25, 0.3) is 0 Å². The molecule has 3 saturated heterocycles. The predicted octanol–water partition coefficient (Wildman–Crippen LogP) is -0.393. The molecule has 0 aromatic rings. The highest BCUT2D eigenvalue weighted by Crippen LogP contribution is 1.93. The molecule has 4 N–H and O–H groups in total. The van der Waals surface area contributed by atoms with Gasteiger partial charge in [0.15, 0.2) is 0 Å². The Hall–Kier alpha value is -0.650. The van der Waals surface area contributed by atoms with Gasteiger partial charge in [-0.05, 0) is 45.3 Å². The van der Waals surface area contributed by atoms with Crippen LogP contribution in [0.25, 0.3) is 0 Å². The largest absolute Gasteiger partial charge is 0.392 e. The average molecular weight is 243 g/mol. The summed E-state index contributed by atoms with van der Waals surface area (Å²) in [5.41, 5.74) is 0. The molecule has 100 valence electrons. The fraction of sp³-hybridized carbons (Fsp3) is 0.917. The van der Waals surface area contributed by atoms with Gasteiger partial charge in [-0.15, -0.1) is 0 Å². The van der Waals surface area contributed by atoms with Crippen LogP contribution >= 0.6 is 0 Å². The summed E-state index contributed by atoms with van der Waals surface area (Å²) in [6, 6.07) is 0. The van der Waals surface area contributed by atoms with Gasteiger partial charge in [0.05, 0.1) is 6.10 Å². The smallest absolute Gasteiger partial charge is 0.220 e. The van der Waals surface area contributed by atoms with Crippen LogP contribution in [-0.4, -0.2) is 49.8 Å². The lowest BCUT2D eigenvalue weighted by Gasteiger charge is -1.90. The molecule has 17 heavy (non-hydrogen) atoms. The summed E-state index contributed by atoms with van der Waals surface area (Å²) in [6.45, 7) is 5.17. The van der Waals surface area contributed by atoms with Crippen molar-refractivity contribution in [2.24, 2.45) is 0 Å². The number of β-amino-alcohol motifs (C(OH)–C–C–N with tert-alkyl or cyclic N) is 1. The zero-order valence-electron chi connectivity index (χ0n) is 10.5. The zero-order valence-corrected chi connectivity index (χ0v) is 10.5. The SMILES string of the molecule is C1CCNC1.O=C1CCCN1.OC1CCNC1. The standard InChI is InChI=1S/C4H9NO.C4H7NO.C4H9N/c6-4-1-2-5-3-4;6-4-2-1-3-5-4;1-2-4-5-3-1/h4-6H,1-3H2;1-3H2,(H,5,6);5H,1-4H2. The Morgan fingerprint density at radius 2 is 1.76 bits per heavy atom. The summed E-state index contributed by atoms with van der Waals surface area (Å²) in [4.78, 5) is 10.1. The second kappa shape index (κ2) is 9.39. The molecule has 0 aromatic carbocycles. The topological polar surface area (TPSA) is 73.4 Å². The molecule has 0 spiro atoms. The highest BCUT2D eigenvalue weighted by Gasteiger charge is 2.08. The predicted molar refractivity (Wildman–Crippen MR) is 67.8 cm³/mol. The number of rotatable bonds is 0. The van der Waals surface area contributed by atoms with Crippen LogP contribution in [0.4, 0.5) is 0 Å². The summed E-state index contributed by atoms with van der Waals surface area (Å²) in [6.07, 6.45) is 5.41. The molecule has 1 atom stereocenters. The van der Waals surface area contributed by atoms with Gasteiger partial charge in [-0.1, -0.05) is 0 Å². The molecule has 3 aliphatic rings. The van der Waals surface area contributed by atoms with Crippen LogP contribution in [-0.2, 0) is 4.79 Å². The number of amides is 1. The van der Waals surface area contributed by atoms with Gasteiger partial charge in [-0.25, -0.2) is 0 Å². The highest BCUT2D eigenvalue weighted by atomic mass is 16.3. The van der Waals surface area contributed by atoms with Crippen LogP contribution in [0.15, 0.2) is 0 Å². The fourth-order valence-electron chi connectivity index (χ4n) is 1.83. The monoisotopic (exact) mass is 243 g/mol. The summed E-state index contributed by atoms with van der Waals surface area (Å²) in [5.74, 6) is 0.204. The third-order valence-corrected chi connectivity index (χ3v) is 2.89. The molecule has 0 saturated carbocycles. The highest BCUT2D eigenvalue weighted by molar-refractivity contribution is 5.77. The first-order valence-electron chi connectivity index (χ1n) is 6.65. The van der Waals surface area contributed by atoms with E-state index in [1.165, 1.54) is 25.9 Å². The minimum Gasteiger partial charge on any atom is -0.392 e. The number of carbonyl (C=O) groups is 1. The van der Waals surface area contributed by atoms with Crippen molar-refractivity contribution in [1.82, 2.24) is 16.0 Å². The van der Waals surface area contributed by atoms with E-state index in [2.05, 4.69) is 16.0 Å². The van der Waals surface area contributed by atoms with Gasteiger partial charge < -0.3 is 21.1 Å². The molecule has 1 amide bonds. The second-order valence-corrected chi connectivity index (χ2v) is 4.56. The van der Waals surface area contributed by atoms with Crippen molar-refractivity contribution < 1.29 is 9.90 Å². The van der Waals surface area contributed by atoms with E-state index in [9.17, 15) is 4.79 Å². The van der Waals surface area contributed by atoms with E-state index in [-0.39, 0.29) is 12.0 Å². The van der Waals surface area contributed by atoms with E-state index in [0.29, 0.717) is 0 Å². The minimum absolute atomic E-state index is 0.0648. The van der Waals surface area contributed by atoms with Crippen LogP contribution in [0.3, 0.4) is 0 Å². The summed E-state index contributed by atoms with van der Waals surface area (Å²) >= 11 is 0. The van der Waals surface area contributed by atoms with Gasteiger partial charge in [-0.3, -0.25) is 4.79 Å². The van der Waals surface area contributed by atoms with Gasteiger partial charge in [0, 0.05) is 19.5 Å². The Balaban J connectivity index is 0.000000128. The van der Waals surface area contributed by atoms with Crippen LogP contribution in [0.2, 0.25) is 0 Å². The maximum atomic E-state index is 10.1. The van der Waals surface area contributed by atoms with Crippen molar-refractivity contribution >= 4 is 5.91 Å². The van der Waals surface area contributed by atoms with Crippen molar-refractivity contribution in [3.8, 4) is 0 Å². The lowest BCUT2D eigenvalue weighted by atomic mass is 10.3. The third kappa shape index (κ3) is 8.12. The number of aliphatic hydroxyl groups excluding tert-OH is 1. The van der Waals surface area contributed by atoms with E-state index in [1.807, 2.05) is 0 Å². The molecular formula is C12H25N3O2. The first-order valence-corrected chi connectivity index (χ1v) is 6.65. The molecule has 3 aliphatic heterocycles. The maximum Gasteiger partial charge on any atom is 0.220 e. The molecule has 0 radical (unpaired) electrons. The van der Waals surface area contributed by atoms with Crippen molar-refractivity contribution in [3.63, 3.8) is 0 Å². The second-order valence-electron chi connectivity index (χ2n) is 4.56. The van der Waals surface area contributed by atoms with Crippen LogP contribution in [0.5, 0.6) is 0 Å². The van der Waals surface area contributed by atoms with E-state index in [0.717, 1.165) is 38.9 Å². The Bertz CT molecular complexity index is 186. The molecule has 3 rings (SSSR count). The number of nitrogens with one attached hydrogen (secondary N) is 3. The summed E-state index contributed by atoms with van der Waals surface area (Å²) < 4.78 is 0. The third-order valence-electron chi connectivity index (χ3n) is 2.89. The number of hydrogen-bond donors (Lipinski definition) is 4. The molecule has 0 aromatic heterocycles. The fourth-order valence-corrected chi connectivity index (χ4v) is 1.83. The molecule has 1 unspecified atom stereocenters. The number of hydrogen-bond acceptors (Lipinski definition) is 4. The van der Waals surface area contributed by atoms with Crippen molar-refractivity contribution in [2.45, 2.75) is 38.2 Å². The summed E-state index contributed by atoms with van der Waals surface area (Å²) in [5, 5.41) is 17.6. The van der Waals surface area contributed by atoms with Gasteiger partial charge >= 0.3 is 0 Å². The van der Waals surface area contributed by atoms with Crippen molar-refractivity contribution in [1.29, 1.82) is 0 Å². The molecule has 3 fully saturated rings. The molecular weight excluding hydrogens is 218 g/mol. The van der Waals surface area contributed by atoms with Crippen LogP contribution in [0, 0.1) is 0 Å². The lowest BCUT2D eigenvalue weighted by molar-refractivity contribution is -0.119. The zero-order chi connectivity index (χ0) is 12.3. The number of carbonyl (C=O) groups excluding carboxylic acids is 1. The quantitative estimate of drug-likeness (QED) is 0.467. The molecule has 3 heterocycles.